The van der Waals surface area contributed by atoms with Crippen LogP contribution in [0.5, 0.6) is 5.75 Å². The fraction of sp³-hybridized carbons (Fsp3) is 0.571. The molecular weight excluding hydrogens is 360 g/mol. The normalized spacial score (nSPS) is 22.1. The highest BCUT2D eigenvalue weighted by Gasteiger charge is 2.39. The maximum atomic E-state index is 13.2. The molecule has 152 valence electrons. The Hall–Kier alpha value is -2.57. The molecule has 0 radical (unpaired) electrons. The number of carbonyl (C=O) groups excluding carboxylic acids is 3. The first-order valence-electron chi connectivity index (χ1n) is 9.95. The fourth-order valence-electron chi connectivity index (χ4n) is 4.03. The Morgan fingerprint density at radius 2 is 1.93 bits per heavy atom. The first-order valence-corrected chi connectivity index (χ1v) is 9.95. The highest BCUT2D eigenvalue weighted by atomic mass is 16.5. The molecule has 2 unspecified atom stereocenters. The largest absolute Gasteiger partial charge is 0.497 e. The van der Waals surface area contributed by atoms with Crippen LogP contribution >= 0.6 is 0 Å². The minimum atomic E-state index is -0.473. The Balaban J connectivity index is 1.70. The second-order valence-electron chi connectivity index (χ2n) is 7.26. The molecule has 0 aliphatic carbocycles. The van der Waals surface area contributed by atoms with Crippen LogP contribution in [0, 0.1) is 5.92 Å². The first-order chi connectivity index (χ1) is 13.5. The summed E-state index contributed by atoms with van der Waals surface area (Å²) in [6, 6.07) is 6.52. The van der Waals surface area contributed by atoms with Crippen LogP contribution in [0.3, 0.4) is 0 Å². The number of rotatable bonds is 5. The first kappa shape index (κ1) is 20.2. The summed E-state index contributed by atoms with van der Waals surface area (Å²) in [5, 5.41) is 0. The molecule has 7 nitrogen and oxygen atoms in total. The average Bonchev–Trinajstić information content (AvgIpc) is 3.22. The van der Waals surface area contributed by atoms with Gasteiger partial charge in [-0.15, -0.1) is 0 Å². The zero-order valence-electron chi connectivity index (χ0n) is 16.6. The van der Waals surface area contributed by atoms with Gasteiger partial charge in [0.05, 0.1) is 19.6 Å². The van der Waals surface area contributed by atoms with Gasteiger partial charge in [0.1, 0.15) is 11.8 Å². The molecule has 2 heterocycles. The van der Waals surface area contributed by atoms with Crippen molar-refractivity contribution < 1.29 is 23.9 Å². The second-order valence-corrected chi connectivity index (χ2v) is 7.26. The summed E-state index contributed by atoms with van der Waals surface area (Å²) in [5.74, 6) is -0.130. The molecule has 2 fully saturated rings. The molecule has 0 saturated carbocycles. The molecule has 0 aromatic heterocycles. The van der Waals surface area contributed by atoms with Gasteiger partial charge in [-0.1, -0.05) is 6.07 Å². The Kier molecular flexibility index (Phi) is 6.54. The zero-order chi connectivity index (χ0) is 20.1. The van der Waals surface area contributed by atoms with Gasteiger partial charge in [0.2, 0.25) is 5.91 Å². The summed E-state index contributed by atoms with van der Waals surface area (Å²) in [6.45, 7) is 3.67. The Morgan fingerprint density at radius 3 is 2.68 bits per heavy atom. The topological polar surface area (TPSA) is 76.2 Å². The number of hydrogen-bond acceptors (Lipinski definition) is 5. The van der Waals surface area contributed by atoms with Crippen molar-refractivity contribution in [3.05, 3.63) is 29.8 Å². The number of ether oxygens (including phenoxy) is 2. The number of amides is 2. The molecular formula is C21H28N2O5. The second kappa shape index (κ2) is 9.08. The number of nitrogens with zero attached hydrogens (tertiary/aromatic N) is 2. The van der Waals surface area contributed by atoms with E-state index in [1.807, 2.05) is 0 Å². The van der Waals surface area contributed by atoms with E-state index in [0.29, 0.717) is 44.0 Å². The summed E-state index contributed by atoms with van der Waals surface area (Å²) in [4.78, 5) is 41.6. The molecule has 1 aromatic rings. The van der Waals surface area contributed by atoms with Crippen molar-refractivity contribution >= 4 is 17.8 Å². The third-order valence-electron chi connectivity index (χ3n) is 5.47. The lowest BCUT2D eigenvalue weighted by Gasteiger charge is -2.35. The average molecular weight is 388 g/mol. The van der Waals surface area contributed by atoms with E-state index in [4.69, 9.17) is 9.47 Å². The third-order valence-corrected chi connectivity index (χ3v) is 5.47. The van der Waals surface area contributed by atoms with Gasteiger partial charge < -0.3 is 19.3 Å². The van der Waals surface area contributed by atoms with E-state index in [2.05, 4.69) is 0 Å². The van der Waals surface area contributed by atoms with Crippen molar-refractivity contribution in [3.63, 3.8) is 0 Å². The molecule has 0 spiro atoms. The Bertz CT molecular complexity index is 735. The van der Waals surface area contributed by atoms with Crippen molar-refractivity contribution in [3.8, 4) is 5.75 Å². The lowest BCUT2D eigenvalue weighted by molar-refractivity contribution is -0.151. The maximum Gasteiger partial charge on any atom is 0.310 e. The number of likely N-dealkylation sites (tertiary alicyclic amines) is 2. The van der Waals surface area contributed by atoms with Crippen molar-refractivity contribution in [2.75, 3.05) is 33.4 Å². The van der Waals surface area contributed by atoms with Gasteiger partial charge in [-0.05, 0) is 50.8 Å². The third kappa shape index (κ3) is 4.29. The van der Waals surface area contributed by atoms with E-state index in [1.165, 1.54) is 0 Å². The molecule has 28 heavy (non-hydrogen) atoms. The number of methoxy groups -OCH3 is 1. The van der Waals surface area contributed by atoms with Crippen LogP contribution < -0.4 is 4.74 Å². The van der Waals surface area contributed by atoms with E-state index < -0.39 is 6.04 Å². The highest BCUT2D eigenvalue weighted by Crippen LogP contribution is 2.26. The summed E-state index contributed by atoms with van der Waals surface area (Å²) in [6.07, 6.45) is 2.95. The maximum absolute atomic E-state index is 13.2. The van der Waals surface area contributed by atoms with Gasteiger partial charge in [-0.2, -0.15) is 0 Å². The van der Waals surface area contributed by atoms with Crippen molar-refractivity contribution in [2.45, 2.75) is 38.6 Å². The van der Waals surface area contributed by atoms with Crippen LogP contribution in [-0.2, 0) is 14.3 Å². The van der Waals surface area contributed by atoms with Crippen molar-refractivity contribution in [2.24, 2.45) is 5.92 Å². The number of carbonyl (C=O) groups is 3. The molecule has 2 aliphatic heterocycles. The summed E-state index contributed by atoms with van der Waals surface area (Å²) < 4.78 is 10.3. The van der Waals surface area contributed by atoms with E-state index >= 15 is 0 Å². The number of esters is 1. The van der Waals surface area contributed by atoms with E-state index in [-0.39, 0.29) is 23.7 Å². The number of hydrogen-bond donors (Lipinski definition) is 0. The molecule has 1 aromatic carbocycles. The van der Waals surface area contributed by atoms with Crippen LogP contribution in [0.4, 0.5) is 0 Å². The lowest BCUT2D eigenvalue weighted by atomic mass is 9.97. The summed E-state index contributed by atoms with van der Waals surface area (Å²) in [7, 11) is 1.56. The zero-order valence-corrected chi connectivity index (χ0v) is 16.6. The van der Waals surface area contributed by atoms with Gasteiger partial charge in [-0.3, -0.25) is 14.4 Å². The standard InChI is InChI=1S/C21H28N2O5/c1-3-28-21(26)16-8-5-11-22(14-16)20(25)18-10-6-12-23(18)19(24)15-7-4-9-17(13-15)27-2/h4,7,9,13,16,18H,3,5-6,8,10-12,14H2,1-2H3. The molecule has 0 bridgehead atoms. The van der Waals surface area contributed by atoms with Crippen molar-refractivity contribution in [1.82, 2.24) is 9.80 Å². The molecule has 0 N–H and O–H groups in total. The quantitative estimate of drug-likeness (QED) is 0.722. The minimum absolute atomic E-state index is 0.0669. The lowest BCUT2D eigenvalue weighted by Crippen LogP contribution is -2.51. The van der Waals surface area contributed by atoms with Gasteiger partial charge in [0, 0.05) is 25.2 Å². The van der Waals surface area contributed by atoms with Crippen LogP contribution in [0.15, 0.2) is 24.3 Å². The predicted molar refractivity (Wildman–Crippen MR) is 103 cm³/mol. The molecule has 2 atom stereocenters. The Labute approximate surface area is 165 Å². The van der Waals surface area contributed by atoms with Crippen LogP contribution in [0.25, 0.3) is 0 Å². The molecule has 7 heteroatoms. The van der Waals surface area contributed by atoms with Crippen LogP contribution in [-0.4, -0.2) is 67.0 Å². The van der Waals surface area contributed by atoms with Crippen molar-refractivity contribution in [1.29, 1.82) is 0 Å². The Morgan fingerprint density at radius 1 is 1.14 bits per heavy atom. The monoisotopic (exact) mass is 388 g/mol. The predicted octanol–water partition coefficient (Wildman–Crippen LogP) is 2.10. The number of piperidine rings is 1. The van der Waals surface area contributed by atoms with E-state index in [0.717, 1.165) is 19.3 Å². The smallest absolute Gasteiger partial charge is 0.310 e. The SMILES string of the molecule is CCOC(=O)C1CCCN(C(=O)C2CCCN2C(=O)c2cccc(OC)c2)C1. The number of benzene rings is 1. The molecule has 2 aliphatic rings. The molecule has 2 amide bonds. The molecule has 3 rings (SSSR count). The van der Waals surface area contributed by atoms with Gasteiger partial charge in [0.15, 0.2) is 0 Å². The van der Waals surface area contributed by atoms with Crippen LogP contribution in [0.1, 0.15) is 43.0 Å². The van der Waals surface area contributed by atoms with E-state index in [1.54, 1.807) is 48.1 Å². The van der Waals surface area contributed by atoms with Gasteiger partial charge in [-0.25, -0.2) is 0 Å². The van der Waals surface area contributed by atoms with Gasteiger partial charge >= 0.3 is 5.97 Å². The summed E-state index contributed by atoms with van der Waals surface area (Å²) >= 11 is 0. The highest BCUT2D eigenvalue weighted by molar-refractivity contribution is 5.98. The van der Waals surface area contributed by atoms with Crippen LogP contribution in [0.2, 0.25) is 0 Å². The van der Waals surface area contributed by atoms with Gasteiger partial charge in [0.25, 0.3) is 5.91 Å². The minimum Gasteiger partial charge on any atom is -0.497 e. The van der Waals surface area contributed by atoms with E-state index in [9.17, 15) is 14.4 Å². The fourth-order valence-corrected chi connectivity index (χ4v) is 4.03. The molecule has 2 saturated heterocycles. The summed E-state index contributed by atoms with van der Waals surface area (Å²) in [5.41, 5.74) is 0.516.